The van der Waals surface area contributed by atoms with E-state index in [0.717, 1.165) is 30.2 Å². The maximum atomic E-state index is 13.7. The predicted octanol–water partition coefficient (Wildman–Crippen LogP) is 4.71. The van der Waals surface area contributed by atoms with E-state index in [4.69, 9.17) is 0 Å². The Bertz CT molecular complexity index is 362. The first-order valence-corrected chi connectivity index (χ1v) is 7.49. The van der Waals surface area contributed by atoms with Gasteiger partial charge in [-0.15, -0.1) is 0 Å². The Kier molecular flexibility index (Phi) is 6.87. The van der Waals surface area contributed by atoms with E-state index in [0.29, 0.717) is 12.0 Å². The van der Waals surface area contributed by atoms with Crippen LogP contribution < -0.4 is 0 Å². The lowest BCUT2D eigenvalue weighted by Crippen LogP contribution is -2.23. The summed E-state index contributed by atoms with van der Waals surface area (Å²) in [6.07, 6.45) is 4.10. The largest absolute Gasteiger partial charge is 0.392 e. The molecule has 1 aromatic rings. The van der Waals surface area contributed by atoms with Crippen LogP contribution in [-0.4, -0.2) is 11.2 Å². The van der Waals surface area contributed by atoms with Crippen molar-refractivity contribution in [2.75, 3.05) is 0 Å². The molecule has 0 saturated carbocycles. The van der Waals surface area contributed by atoms with Gasteiger partial charge in [0.1, 0.15) is 5.82 Å². The number of rotatable bonds is 7. The van der Waals surface area contributed by atoms with Crippen LogP contribution in [0.5, 0.6) is 0 Å². The Hall–Kier alpha value is -0.410. The molecule has 3 heteroatoms. The van der Waals surface area contributed by atoms with Crippen LogP contribution in [0.25, 0.3) is 0 Å². The maximum Gasteiger partial charge on any atom is 0.127 e. The van der Waals surface area contributed by atoms with Gasteiger partial charge in [0.25, 0.3) is 0 Å². The number of halogens is 2. The van der Waals surface area contributed by atoms with Crippen LogP contribution >= 0.6 is 15.9 Å². The monoisotopic (exact) mass is 316 g/mol. The average molecular weight is 317 g/mol. The highest BCUT2D eigenvalue weighted by molar-refractivity contribution is 9.10. The van der Waals surface area contributed by atoms with E-state index in [2.05, 4.69) is 29.8 Å². The van der Waals surface area contributed by atoms with Gasteiger partial charge in [0.2, 0.25) is 0 Å². The van der Waals surface area contributed by atoms with Crippen molar-refractivity contribution in [1.82, 2.24) is 0 Å². The van der Waals surface area contributed by atoms with Gasteiger partial charge in [-0.05, 0) is 36.5 Å². The Labute approximate surface area is 118 Å². The van der Waals surface area contributed by atoms with E-state index in [9.17, 15) is 9.50 Å². The Morgan fingerprint density at radius 1 is 1.22 bits per heavy atom. The zero-order valence-corrected chi connectivity index (χ0v) is 12.7. The molecule has 0 aliphatic heterocycles. The molecular formula is C15H22BrFO. The second-order valence-electron chi connectivity index (χ2n) is 4.84. The third-order valence-corrected chi connectivity index (χ3v) is 3.80. The summed E-state index contributed by atoms with van der Waals surface area (Å²) in [5, 5.41) is 10.2. The fraction of sp³-hybridized carbons (Fsp3) is 0.600. The summed E-state index contributed by atoms with van der Waals surface area (Å²) >= 11 is 3.24. The molecule has 0 spiro atoms. The molecule has 0 amide bonds. The van der Waals surface area contributed by atoms with Gasteiger partial charge < -0.3 is 5.11 Å². The second-order valence-corrected chi connectivity index (χ2v) is 5.76. The molecule has 1 rings (SSSR count). The zero-order chi connectivity index (χ0) is 13.5. The minimum absolute atomic E-state index is 0.241. The van der Waals surface area contributed by atoms with Gasteiger partial charge >= 0.3 is 0 Å². The van der Waals surface area contributed by atoms with Crippen molar-refractivity contribution in [2.24, 2.45) is 5.92 Å². The number of aliphatic hydroxyl groups is 1. The standard InChI is InChI=1S/C15H22BrFO/c1-3-5-11(6-4-2)15(18)9-12-7-8-13(16)10-14(12)17/h7-8,10-11,15,18H,3-6,9H2,1-2H3. The summed E-state index contributed by atoms with van der Waals surface area (Å²) in [5.41, 5.74) is 0.600. The van der Waals surface area contributed by atoms with Crippen molar-refractivity contribution >= 4 is 15.9 Å². The molecule has 18 heavy (non-hydrogen) atoms. The fourth-order valence-electron chi connectivity index (χ4n) is 2.35. The quantitative estimate of drug-likeness (QED) is 0.772. The summed E-state index contributed by atoms with van der Waals surface area (Å²) in [7, 11) is 0. The molecule has 0 aliphatic rings. The van der Waals surface area contributed by atoms with Gasteiger partial charge in [0.05, 0.1) is 6.10 Å². The van der Waals surface area contributed by atoms with Crippen LogP contribution in [0.15, 0.2) is 22.7 Å². The van der Waals surface area contributed by atoms with E-state index in [1.165, 1.54) is 6.07 Å². The molecule has 0 radical (unpaired) electrons. The van der Waals surface area contributed by atoms with E-state index in [1.54, 1.807) is 6.07 Å². The molecule has 0 fully saturated rings. The first-order valence-electron chi connectivity index (χ1n) is 6.70. The SMILES string of the molecule is CCCC(CCC)C(O)Cc1ccc(Br)cc1F. The van der Waals surface area contributed by atoms with E-state index >= 15 is 0 Å². The van der Waals surface area contributed by atoms with Crippen LogP contribution in [0.3, 0.4) is 0 Å². The summed E-state index contributed by atoms with van der Waals surface area (Å²) < 4.78 is 14.4. The molecule has 1 N–H and O–H groups in total. The van der Waals surface area contributed by atoms with Gasteiger partial charge in [0, 0.05) is 10.9 Å². The van der Waals surface area contributed by atoms with Gasteiger partial charge in [0.15, 0.2) is 0 Å². The Morgan fingerprint density at radius 3 is 2.33 bits per heavy atom. The van der Waals surface area contributed by atoms with Crippen molar-refractivity contribution in [1.29, 1.82) is 0 Å². The van der Waals surface area contributed by atoms with Crippen molar-refractivity contribution in [2.45, 2.75) is 52.1 Å². The Morgan fingerprint density at radius 2 is 1.83 bits per heavy atom. The van der Waals surface area contributed by atoms with Crippen molar-refractivity contribution < 1.29 is 9.50 Å². The summed E-state index contributed by atoms with van der Waals surface area (Å²) in [5.74, 6) is 0.0400. The molecule has 1 atom stereocenters. The first kappa shape index (κ1) is 15.6. The van der Waals surface area contributed by atoms with Crippen molar-refractivity contribution in [3.63, 3.8) is 0 Å². The summed E-state index contributed by atoms with van der Waals surface area (Å²) in [6, 6.07) is 5.02. The molecule has 0 aromatic heterocycles. The fourth-order valence-corrected chi connectivity index (χ4v) is 2.68. The Balaban J connectivity index is 2.69. The molecular weight excluding hydrogens is 295 g/mol. The minimum atomic E-state index is -0.444. The number of benzene rings is 1. The zero-order valence-electron chi connectivity index (χ0n) is 11.1. The maximum absolute atomic E-state index is 13.7. The third kappa shape index (κ3) is 4.69. The van der Waals surface area contributed by atoms with E-state index in [1.807, 2.05) is 6.07 Å². The minimum Gasteiger partial charge on any atom is -0.392 e. The summed E-state index contributed by atoms with van der Waals surface area (Å²) in [4.78, 5) is 0. The van der Waals surface area contributed by atoms with Crippen LogP contribution in [0.2, 0.25) is 0 Å². The molecule has 1 nitrogen and oxygen atoms in total. The topological polar surface area (TPSA) is 20.2 Å². The average Bonchev–Trinajstić information content (AvgIpc) is 2.32. The molecule has 1 unspecified atom stereocenters. The molecule has 102 valence electrons. The lowest BCUT2D eigenvalue weighted by atomic mass is 9.89. The molecule has 0 aliphatic carbocycles. The van der Waals surface area contributed by atoms with Crippen LogP contribution in [0.1, 0.15) is 45.1 Å². The number of hydrogen-bond acceptors (Lipinski definition) is 1. The van der Waals surface area contributed by atoms with Crippen LogP contribution in [-0.2, 0) is 6.42 Å². The lowest BCUT2D eigenvalue weighted by Gasteiger charge is -2.22. The smallest absolute Gasteiger partial charge is 0.127 e. The van der Waals surface area contributed by atoms with Gasteiger partial charge in [-0.2, -0.15) is 0 Å². The highest BCUT2D eigenvalue weighted by Gasteiger charge is 2.19. The molecule has 1 aromatic carbocycles. The van der Waals surface area contributed by atoms with Crippen molar-refractivity contribution in [3.05, 3.63) is 34.1 Å². The van der Waals surface area contributed by atoms with Gasteiger partial charge in [-0.3, -0.25) is 0 Å². The van der Waals surface area contributed by atoms with Crippen molar-refractivity contribution in [3.8, 4) is 0 Å². The number of aliphatic hydroxyl groups excluding tert-OH is 1. The predicted molar refractivity (Wildman–Crippen MR) is 77.1 cm³/mol. The van der Waals surface area contributed by atoms with Gasteiger partial charge in [-0.1, -0.05) is 48.7 Å². The molecule has 0 saturated heterocycles. The third-order valence-electron chi connectivity index (χ3n) is 3.31. The molecule has 0 bridgehead atoms. The highest BCUT2D eigenvalue weighted by Crippen LogP contribution is 2.23. The second kappa shape index (κ2) is 7.90. The highest BCUT2D eigenvalue weighted by atomic mass is 79.9. The first-order chi connectivity index (χ1) is 8.58. The van der Waals surface area contributed by atoms with Crippen LogP contribution in [0.4, 0.5) is 4.39 Å². The summed E-state index contributed by atoms with van der Waals surface area (Å²) in [6.45, 7) is 4.24. The number of hydrogen-bond donors (Lipinski definition) is 1. The lowest BCUT2D eigenvalue weighted by molar-refractivity contribution is 0.0955. The normalized spacial score (nSPS) is 13.0. The van der Waals surface area contributed by atoms with Crippen LogP contribution in [0, 0.1) is 11.7 Å². The molecule has 0 heterocycles. The van der Waals surface area contributed by atoms with E-state index in [-0.39, 0.29) is 11.7 Å². The van der Waals surface area contributed by atoms with Gasteiger partial charge in [-0.25, -0.2) is 4.39 Å². The van der Waals surface area contributed by atoms with E-state index < -0.39 is 6.10 Å².